The van der Waals surface area contributed by atoms with Crippen LogP contribution in [-0.2, 0) is 0 Å². The lowest BCUT2D eigenvalue weighted by atomic mass is 10.3. The molecular formula is C9H12O2S2. The molecule has 0 aliphatic rings. The van der Waals surface area contributed by atoms with Gasteiger partial charge in [-0.3, -0.25) is 0 Å². The van der Waals surface area contributed by atoms with E-state index in [9.17, 15) is 0 Å². The van der Waals surface area contributed by atoms with Crippen molar-refractivity contribution >= 4 is 21.6 Å². The summed E-state index contributed by atoms with van der Waals surface area (Å²) in [4.78, 5) is 1.12. The number of rotatable bonds is 4. The molecule has 1 rings (SSSR count). The van der Waals surface area contributed by atoms with Crippen molar-refractivity contribution in [2.24, 2.45) is 0 Å². The van der Waals surface area contributed by atoms with Gasteiger partial charge >= 0.3 is 0 Å². The van der Waals surface area contributed by atoms with Crippen LogP contribution >= 0.6 is 21.6 Å². The van der Waals surface area contributed by atoms with Crippen LogP contribution in [0.4, 0.5) is 0 Å². The Balaban J connectivity index is 2.93. The number of ether oxygens (including phenoxy) is 2. The van der Waals surface area contributed by atoms with Crippen molar-refractivity contribution in [2.75, 3.05) is 20.5 Å². The normalized spacial score (nSPS) is 9.77. The van der Waals surface area contributed by atoms with Gasteiger partial charge in [0, 0.05) is 6.07 Å². The summed E-state index contributed by atoms with van der Waals surface area (Å²) in [6.07, 6.45) is 2.04. The van der Waals surface area contributed by atoms with Crippen LogP contribution < -0.4 is 9.47 Å². The highest BCUT2D eigenvalue weighted by Gasteiger charge is 2.04. The Morgan fingerprint density at radius 2 is 1.92 bits per heavy atom. The molecule has 72 valence electrons. The summed E-state index contributed by atoms with van der Waals surface area (Å²) < 4.78 is 10.3. The molecule has 0 fully saturated rings. The zero-order chi connectivity index (χ0) is 9.68. The first-order valence-electron chi connectivity index (χ1n) is 3.74. The van der Waals surface area contributed by atoms with Gasteiger partial charge in [-0.1, -0.05) is 21.6 Å². The van der Waals surface area contributed by atoms with Gasteiger partial charge in [-0.2, -0.15) is 0 Å². The van der Waals surface area contributed by atoms with E-state index in [0.717, 1.165) is 16.4 Å². The molecule has 0 saturated heterocycles. The fraction of sp³-hybridized carbons (Fsp3) is 0.333. The van der Waals surface area contributed by atoms with Crippen LogP contribution in [0, 0.1) is 0 Å². The van der Waals surface area contributed by atoms with Crippen LogP contribution in [-0.4, -0.2) is 20.5 Å². The molecule has 0 aliphatic heterocycles. The molecule has 0 aromatic heterocycles. The lowest BCUT2D eigenvalue weighted by Crippen LogP contribution is -1.88. The quantitative estimate of drug-likeness (QED) is 0.720. The minimum absolute atomic E-state index is 0.822. The predicted octanol–water partition coefficient (Wildman–Crippen LogP) is 3.07. The van der Waals surface area contributed by atoms with Gasteiger partial charge < -0.3 is 9.47 Å². The number of benzene rings is 1. The molecular weight excluding hydrogens is 204 g/mol. The fourth-order valence-electron chi connectivity index (χ4n) is 0.934. The third kappa shape index (κ3) is 2.74. The predicted molar refractivity (Wildman–Crippen MR) is 58.9 cm³/mol. The van der Waals surface area contributed by atoms with Crippen molar-refractivity contribution < 1.29 is 9.47 Å². The summed E-state index contributed by atoms with van der Waals surface area (Å²) in [6.45, 7) is 0. The average molecular weight is 216 g/mol. The monoisotopic (exact) mass is 216 g/mol. The van der Waals surface area contributed by atoms with Gasteiger partial charge in [0.15, 0.2) is 0 Å². The third-order valence-electron chi connectivity index (χ3n) is 1.54. The smallest absolute Gasteiger partial charge is 0.136 e. The maximum atomic E-state index is 5.23. The molecule has 0 aliphatic carbocycles. The summed E-state index contributed by atoms with van der Waals surface area (Å²) in [6, 6.07) is 5.82. The molecule has 0 unspecified atom stereocenters. The zero-order valence-electron chi connectivity index (χ0n) is 7.87. The molecule has 4 heteroatoms. The Morgan fingerprint density at radius 1 is 1.15 bits per heavy atom. The van der Waals surface area contributed by atoms with Crippen LogP contribution in [0.1, 0.15) is 0 Å². The van der Waals surface area contributed by atoms with Gasteiger partial charge in [-0.15, -0.1) is 0 Å². The molecule has 2 nitrogen and oxygen atoms in total. The van der Waals surface area contributed by atoms with Gasteiger partial charge in [0.05, 0.1) is 19.1 Å². The molecule has 0 bridgehead atoms. The van der Waals surface area contributed by atoms with Gasteiger partial charge in [-0.25, -0.2) is 0 Å². The Hall–Kier alpha value is -0.480. The van der Waals surface area contributed by atoms with E-state index in [1.54, 1.807) is 35.8 Å². The van der Waals surface area contributed by atoms with Crippen LogP contribution in [0.25, 0.3) is 0 Å². The van der Waals surface area contributed by atoms with E-state index in [1.165, 1.54) is 0 Å². The van der Waals surface area contributed by atoms with Crippen molar-refractivity contribution in [3.05, 3.63) is 18.2 Å². The van der Waals surface area contributed by atoms with E-state index in [2.05, 4.69) is 0 Å². The Labute approximate surface area is 86.4 Å². The molecule has 0 radical (unpaired) electrons. The highest BCUT2D eigenvalue weighted by molar-refractivity contribution is 8.76. The zero-order valence-corrected chi connectivity index (χ0v) is 9.50. The minimum Gasteiger partial charge on any atom is -0.497 e. The second-order valence-corrected chi connectivity index (χ2v) is 4.71. The minimum atomic E-state index is 0.822. The van der Waals surface area contributed by atoms with Crippen molar-refractivity contribution in [1.29, 1.82) is 0 Å². The van der Waals surface area contributed by atoms with Crippen molar-refractivity contribution in [3.63, 3.8) is 0 Å². The van der Waals surface area contributed by atoms with Crippen molar-refractivity contribution in [1.82, 2.24) is 0 Å². The summed E-state index contributed by atoms with van der Waals surface area (Å²) in [5.41, 5.74) is 0. The summed E-state index contributed by atoms with van der Waals surface area (Å²) >= 11 is 0. The van der Waals surface area contributed by atoms with Crippen LogP contribution in [0.2, 0.25) is 0 Å². The highest BCUT2D eigenvalue weighted by atomic mass is 33.1. The first-order valence-corrected chi connectivity index (χ1v) is 6.30. The molecule has 0 N–H and O–H groups in total. The molecule has 0 heterocycles. The van der Waals surface area contributed by atoms with Gasteiger partial charge in [0.2, 0.25) is 0 Å². The molecule has 1 aromatic rings. The third-order valence-corrected chi connectivity index (χ3v) is 3.27. The number of methoxy groups -OCH3 is 2. The Morgan fingerprint density at radius 3 is 2.46 bits per heavy atom. The summed E-state index contributed by atoms with van der Waals surface area (Å²) in [7, 11) is 6.69. The second-order valence-electron chi connectivity index (χ2n) is 2.27. The lowest BCUT2D eigenvalue weighted by molar-refractivity contribution is 0.387. The maximum absolute atomic E-state index is 5.23. The van der Waals surface area contributed by atoms with Crippen LogP contribution in [0.5, 0.6) is 11.5 Å². The van der Waals surface area contributed by atoms with E-state index in [4.69, 9.17) is 9.47 Å². The molecule has 13 heavy (non-hydrogen) atoms. The van der Waals surface area contributed by atoms with Crippen molar-refractivity contribution in [2.45, 2.75) is 4.90 Å². The number of hydrogen-bond donors (Lipinski definition) is 0. The average Bonchev–Trinajstić information content (AvgIpc) is 2.19. The van der Waals surface area contributed by atoms with E-state index in [1.807, 2.05) is 24.5 Å². The fourth-order valence-corrected chi connectivity index (χ4v) is 2.41. The van der Waals surface area contributed by atoms with Crippen LogP contribution in [0.15, 0.2) is 23.1 Å². The van der Waals surface area contributed by atoms with Crippen LogP contribution in [0.3, 0.4) is 0 Å². The van der Waals surface area contributed by atoms with Gasteiger partial charge in [0.1, 0.15) is 11.5 Å². The van der Waals surface area contributed by atoms with Gasteiger partial charge in [-0.05, 0) is 18.4 Å². The standard InChI is InChI=1S/C9H12O2S2/c1-10-7-4-5-9(13-12-3)8(6-7)11-2/h4-6H,1-3H3. The molecule has 0 amide bonds. The summed E-state index contributed by atoms with van der Waals surface area (Å²) in [5, 5.41) is 0. The molecule has 0 spiro atoms. The van der Waals surface area contributed by atoms with E-state index < -0.39 is 0 Å². The number of hydrogen-bond acceptors (Lipinski definition) is 4. The SMILES string of the molecule is COc1ccc(SSC)c(OC)c1. The molecule has 0 saturated carbocycles. The highest BCUT2D eigenvalue weighted by Crippen LogP contribution is 2.37. The molecule has 0 atom stereocenters. The first kappa shape index (κ1) is 10.6. The maximum Gasteiger partial charge on any atom is 0.136 e. The summed E-state index contributed by atoms with van der Waals surface area (Å²) in [5.74, 6) is 1.68. The molecule has 1 aromatic carbocycles. The van der Waals surface area contributed by atoms with Crippen molar-refractivity contribution in [3.8, 4) is 11.5 Å². The van der Waals surface area contributed by atoms with E-state index in [-0.39, 0.29) is 0 Å². The topological polar surface area (TPSA) is 18.5 Å². The second kappa shape index (κ2) is 5.29. The van der Waals surface area contributed by atoms with E-state index >= 15 is 0 Å². The largest absolute Gasteiger partial charge is 0.497 e. The Bertz CT molecular complexity index is 276. The van der Waals surface area contributed by atoms with Gasteiger partial charge in [0.25, 0.3) is 0 Å². The lowest BCUT2D eigenvalue weighted by Gasteiger charge is -2.08. The Kier molecular flexibility index (Phi) is 4.32. The van der Waals surface area contributed by atoms with E-state index in [0.29, 0.717) is 0 Å². The first-order chi connectivity index (χ1) is 6.31.